The lowest BCUT2D eigenvalue weighted by Gasteiger charge is -2.11. The first-order valence-electron chi connectivity index (χ1n) is 12.4. The van der Waals surface area contributed by atoms with Gasteiger partial charge in [0.15, 0.2) is 0 Å². The zero-order valence-corrected chi connectivity index (χ0v) is 21.2. The number of hydrogen-bond donors (Lipinski definition) is 5. The lowest BCUT2D eigenvalue weighted by molar-refractivity contribution is 0.0519. The molecular formula is C26H36N8O3. The van der Waals surface area contributed by atoms with Gasteiger partial charge in [-0.1, -0.05) is 48.0 Å². The van der Waals surface area contributed by atoms with Crippen molar-refractivity contribution in [2.75, 3.05) is 68.6 Å². The van der Waals surface area contributed by atoms with Crippen molar-refractivity contribution in [2.45, 2.75) is 13.5 Å². The maximum atomic E-state index is 11.9. The Morgan fingerprint density at radius 2 is 1.35 bits per heavy atom. The molecule has 1 amide bonds. The van der Waals surface area contributed by atoms with E-state index in [9.17, 15) is 4.79 Å². The summed E-state index contributed by atoms with van der Waals surface area (Å²) in [6.07, 6.45) is 0. The number of nitrogens with one attached hydrogen (secondary N) is 4. The number of aryl methyl sites for hydroxylation is 1. The van der Waals surface area contributed by atoms with E-state index in [0.717, 1.165) is 5.56 Å². The summed E-state index contributed by atoms with van der Waals surface area (Å²) < 4.78 is 11.1. The summed E-state index contributed by atoms with van der Waals surface area (Å²) >= 11 is 0. The van der Waals surface area contributed by atoms with E-state index >= 15 is 0 Å². The van der Waals surface area contributed by atoms with Crippen molar-refractivity contribution in [3.05, 3.63) is 71.3 Å². The Balaban J connectivity index is 1.32. The van der Waals surface area contributed by atoms with Gasteiger partial charge in [-0.05, 0) is 24.6 Å². The van der Waals surface area contributed by atoms with Crippen molar-refractivity contribution in [1.82, 2.24) is 20.3 Å². The van der Waals surface area contributed by atoms with Crippen molar-refractivity contribution in [1.29, 1.82) is 0 Å². The maximum absolute atomic E-state index is 11.9. The number of amides is 1. The summed E-state index contributed by atoms with van der Waals surface area (Å²) in [6.45, 7) is 6.39. The minimum atomic E-state index is -0.111. The highest BCUT2D eigenvalue weighted by atomic mass is 16.5. The van der Waals surface area contributed by atoms with Gasteiger partial charge in [0.25, 0.3) is 5.91 Å². The minimum Gasteiger partial charge on any atom is -0.377 e. The average molecular weight is 509 g/mol. The third-order valence-electron chi connectivity index (χ3n) is 5.10. The number of ether oxygens (including phenoxy) is 2. The van der Waals surface area contributed by atoms with Crippen LogP contribution < -0.4 is 27.0 Å². The topological polar surface area (TPSA) is 148 Å². The molecule has 0 spiro atoms. The van der Waals surface area contributed by atoms with Crippen LogP contribution in [0.1, 0.15) is 21.5 Å². The Morgan fingerprint density at radius 3 is 2.00 bits per heavy atom. The normalized spacial score (nSPS) is 10.6. The third-order valence-corrected chi connectivity index (χ3v) is 5.10. The smallest absolute Gasteiger partial charge is 0.251 e. The molecule has 1 heterocycles. The minimum absolute atomic E-state index is 0.111. The molecule has 0 aliphatic rings. The van der Waals surface area contributed by atoms with Crippen LogP contribution in [0, 0.1) is 6.92 Å². The van der Waals surface area contributed by atoms with Gasteiger partial charge in [0.1, 0.15) is 0 Å². The molecule has 37 heavy (non-hydrogen) atoms. The van der Waals surface area contributed by atoms with Gasteiger partial charge < -0.3 is 36.5 Å². The van der Waals surface area contributed by atoms with Crippen molar-refractivity contribution in [2.24, 2.45) is 5.73 Å². The summed E-state index contributed by atoms with van der Waals surface area (Å²) in [6, 6.07) is 17.4. The van der Waals surface area contributed by atoms with E-state index < -0.39 is 0 Å². The van der Waals surface area contributed by atoms with Gasteiger partial charge in [-0.2, -0.15) is 15.0 Å². The van der Waals surface area contributed by atoms with Gasteiger partial charge in [-0.15, -0.1) is 0 Å². The maximum Gasteiger partial charge on any atom is 0.251 e. The molecule has 0 saturated carbocycles. The molecule has 1 aromatic heterocycles. The number of anilines is 3. The fraction of sp³-hybridized carbons (Fsp3) is 0.385. The number of nitrogens with two attached hydrogens (primary N) is 1. The van der Waals surface area contributed by atoms with E-state index in [1.807, 2.05) is 18.2 Å². The van der Waals surface area contributed by atoms with E-state index in [1.54, 1.807) is 12.1 Å². The van der Waals surface area contributed by atoms with E-state index in [4.69, 9.17) is 15.2 Å². The largest absolute Gasteiger partial charge is 0.377 e. The SMILES string of the molecule is Cc1ccc(CNc2nc(NCCN)nc(NCCOCCOCCNC(=O)c3ccccc3)n2)cc1. The highest BCUT2D eigenvalue weighted by Gasteiger charge is 2.07. The Hall–Kier alpha value is -3.80. The van der Waals surface area contributed by atoms with Crippen molar-refractivity contribution in [3.63, 3.8) is 0 Å². The van der Waals surface area contributed by atoms with Crippen LogP contribution >= 0.6 is 0 Å². The predicted molar refractivity (Wildman–Crippen MR) is 145 cm³/mol. The molecule has 11 heteroatoms. The first kappa shape index (κ1) is 27.8. The molecule has 0 fully saturated rings. The number of aromatic nitrogens is 3. The molecule has 6 N–H and O–H groups in total. The second-order valence-corrected chi connectivity index (χ2v) is 8.13. The molecular weight excluding hydrogens is 472 g/mol. The molecule has 11 nitrogen and oxygen atoms in total. The Kier molecular flexibility index (Phi) is 12.0. The molecule has 0 radical (unpaired) electrons. The number of carbonyl (C=O) groups is 1. The van der Waals surface area contributed by atoms with Gasteiger partial charge in [-0.3, -0.25) is 4.79 Å². The van der Waals surface area contributed by atoms with Crippen molar-refractivity contribution < 1.29 is 14.3 Å². The van der Waals surface area contributed by atoms with Crippen LogP contribution in [0.2, 0.25) is 0 Å². The van der Waals surface area contributed by atoms with Gasteiger partial charge in [0.2, 0.25) is 17.8 Å². The van der Waals surface area contributed by atoms with E-state index in [1.165, 1.54) is 5.56 Å². The van der Waals surface area contributed by atoms with E-state index in [2.05, 4.69) is 67.4 Å². The number of nitrogens with zero attached hydrogens (tertiary/aromatic N) is 3. The monoisotopic (exact) mass is 508 g/mol. The zero-order chi connectivity index (χ0) is 26.1. The van der Waals surface area contributed by atoms with Crippen LogP contribution in [-0.4, -0.2) is 73.5 Å². The Bertz CT molecular complexity index is 1070. The van der Waals surface area contributed by atoms with Crippen LogP contribution in [0.15, 0.2) is 54.6 Å². The zero-order valence-electron chi connectivity index (χ0n) is 21.2. The van der Waals surface area contributed by atoms with E-state index in [-0.39, 0.29) is 5.91 Å². The average Bonchev–Trinajstić information content (AvgIpc) is 2.93. The van der Waals surface area contributed by atoms with Gasteiger partial charge in [0.05, 0.1) is 26.4 Å². The lowest BCUT2D eigenvalue weighted by atomic mass is 10.1. The molecule has 0 atom stereocenters. The summed E-state index contributed by atoms with van der Waals surface area (Å²) in [7, 11) is 0. The molecule has 3 aromatic rings. The summed E-state index contributed by atoms with van der Waals surface area (Å²) in [5, 5.41) is 12.3. The highest BCUT2D eigenvalue weighted by molar-refractivity contribution is 5.94. The third kappa shape index (κ3) is 10.8. The van der Waals surface area contributed by atoms with E-state index in [0.29, 0.717) is 82.6 Å². The van der Waals surface area contributed by atoms with Crippen LogP contribution in [-0.2, 0) is 16.0 Å². The fourth-order valence-electron chi connectivity index (χ4n) is 3.17. The van der Waals surface area contributed by atoms with Crippen molar-refractivity contribution in [3.8, 4) is 0 Å². The Labute approximate surface area is 217 Å². The lowest BCUT2D eigenvalue weighted by Crippen LogP contribution is -2.27. The number of benzene rings is 2. The molecule has 0 saturated heterocycles. The quantitative estimate of drug-likeness (QED) is 0.172. The van der Waals surface area contributed by atoms with Gasteiger partial charge in [0, 0.05) is 38.3 Å². The molecule has 0 unspecified atom stereocenters. The predicted octanol–water partition coefficient (Wildman–Crippen LogP) is 2.04. The fourth-order valence-corrected chi connectivity index (χ4v) is 3.17. The molecule has 2 aromatic carbocycles. The standard InChI is InChI=1S/C26H36N8O3/c1-20-7-9-21(10-8-20)19-31-26-33-24(29-12-11-27)32-25(34-26)30-14-16-37-18-17-36-15-13-28-23(35)22-5-3-2-4-6-22/h2-10H,11-19,27H2,1H3,(H,28,35)(H3,29,30,31,32,33,34). The first-order chi connectivity index (χ1) is 18.1. The summed E-state index contributed by atoms with van der Waals surface area (Å²) in [4.78, 5) is 25.2. The number of hydrogen-bond acceptors (Lipinski definition) is 10. The van der Waals surface area contributed by atoms with Gasteiger partial charge in [-0.25, -0.2) is 0 Å². The van der Waals surface area contributed by atoms with Crippen LogP contribution in [0.3, 0.4) is 0 Å². The summed E-state index contributed by atoms with van der Waals surface area (Å²) in [5.74, 6) is 1.24. The second kappa shape index (κ2) is 16.0. The number of carbonyl (C=O) groups excluding carboxylic acids is 1. The second-order valence-electron chi connectivity index (χ2n) is 8.13. The molecule has 0 aliphatic carbocycles. The molecule has 0 aliphatic heterocycles. The Morgan fingerprint density at radius 1 is 0.757 bits per heavy atom. The number of rotatable bonds is 17. The van der Waals surface area contributed by atoms with Crippen LogP contribution in [0.25, 0.3) is 0 Å². The molecule has 198 valence electrons. The van der Waals surface area contributed by atoms with Crippen molar-refractivity contribution >= 4 is 23.8 Å². The van der Waals surface area contributed by atoms with Crippen LogP contribution in [0.5, 0.6) is 0 Å². The molecule has 0 bridgehead atoms. The highest BCUT2D eigenvalue weighted by Crippen LogP contribution is 2.11. The molecule has 3 rings (SSSR count). The van der Waals surface area contributed by atoms with Crippen LogP contribution in [0.4, 0.5) is 17.8 Å². The summed E-state index contributed by atoms with van der Waals surface area (Å²) in [5.41, 5.74) is 8.57. The first-order valence-corrected chi connectivity index (χ1v) is 12.4. The van der Waals surface area contributed by atoms with Gasteiger partial charge >= 0.3 is 0 Å².